The lowest BCUT2D eigenvalue weighted by atomic mass is 10.2. The molecule has 0 saturated heterocycles. The molecule has 4 heteroatoms. The molecular weight excluding hydrogens is 214 g/mol. The molecule has 0 aromatic carbocycles. The van der Waals surface area contributed by atoms with Crippen LogP contribution in [-0.2, 0) is 17.6 Å². The summed E-state index contributed by atoms with van der Waals surface area (Å²) in [4.78, 5) is 9.22. The Morgan fingerprint density at radius 2 is 2.18 bits per heavy atom. The molecule has 1 aliphatic rings. The normalized spacial score (nSPS) is 15.7. The highest BCUT2D eigenvalue weighted by Crippen LogP contribution is 2.28. The van der Waals surface area contributed by atoms with Crippen molar-refractivity contribution in [1.82, 2.24) is 9.97 Å². The van der Waals surface area contributed by atoms with Crippen LogP contribution in [0.25, 0.3) is 0 Å². The van der Waals surface area contributed by atoms with E-state index in [0.29, 0.717) is 0 Å². The van der Waals surface area contributed by atoms with Crippen LogP contribution in [0.2, 0.25) is 0 Å². The number of hydrogen-bond donors (Lipinski definition) is 1. The minimum absolute atomic E-state index is 0.0388. The Kier molecular flexibility index (Phi) is 3.94. The first-order chi connectivity index (χ1) is 8.26. The Hall–Kier alpha value is -1.16. The predicted molar refractivity (Wildman–Crippen MR) is 68.3 cm³/mol. The molecule has 0 aliphatic heterocycles. The number of aryl methyl sites for hydroxylation is 1. The van der Waals surface area contributed by atoms with Crippen LogP contribution in [-0.4, -0.2) is 23.6 Å². The minimum atomic E-state index is -0.0388. The number of fused-ring (bicyclic) bond motifs is 1. The SMILES string of the molecule is CCCNc1nc(C(C)OC)nc2c1CCC2. The van der Waals surface area contributed by atoms with E-state index < -0.39 is 0 Å². The largest absolute Gasteiger partial charge is 0.374 e. The van der Waals surface area contributed by atoms with Gasteiger partial charge in [-0.05, 0) is 32.6 Å². The zero-order valence-corrected chi connectivity index (χ0v) is 10.9. The molecule has 1 aromatic rings. The summed E-state index contributed by atoms with van der Waals surface area (Å²) in [6.45, 7) is 5.11. The summed E-state index contributed by atoms with van der Waals surface area (Å²) in [5, 5.41) is 3.41. The Balaban J connectivity index is 2.31. The van der Waals surface area contributed by atoms with Gasteiger partial charge in [0.05, 0.1) is 0 Å². The molecule has 2 rings (SSSR count). The Morgan fingerprint density at radius 1 is 1.35 bits per heavy atom. The second-order valence-corrected chi connectivity index (χ2v) is 4.51. The topological polar surface area (TPSA) is 47.0 Å². The predicted octanol–water partition coefficient (Wildman–Crippen LogP) is 2.49. The van der Waals surface area contributed by atoms with Crippen LogP contribution in [0.3, 0.4) is 0 Å². The Labute approximate surface area is 103 Å². The number of methoxy groups -OCH3 is 1. The lowest BCUT2D eigenvalue weighted by molar-refractivity contribution is 0.112. The molecule has 0 fully saturated rings. The Morgan fingerprint density at radius 3 is 2.88 bits per heavy atom. The maximum atomic E-state index is 5.30. The van der Waals surface area contributed by atoms with Crippen molar-refractivity contribution in [3.8, 4) is 0 Å². The number of rotatable bonds is 5. The van der Waals surface area contributed by atoms with Crippen molar-refractivity contribution < 1.29 is 4.74 Å². The highest BCUT2D eigenvalue weighted by atomic mass is 16.5. The monoisotopic (exact) mass is 235 g/mol. The molecule has 0 amide bonds. The first kappa shape index (κ1) is 12.3. The van der Waals surface area contributed by atoms with Gasteiger partial charge in [-0.2, -0.15) is 0 Å². The van der Waals surface area contributed by atoms with E-state index in [4.69, 9.17) is 4.74 Å². The van der Waals surface area contributed by atoms with E-state index in [0.717, 1.165) is 37.4 Å². The fourth-order valence-electron chi connectivity index (χ4n) is 2.13. The van der Waals surface area contributed by atoms with E-state index in [1.54, 1.807) is 7.11 Å². The van der Waals surface area contributed by atoms with E-state index in [1.165, 1.54) is 17.7 Å². The van der Waals surface area contributed by atoms with Crippen molar-refractivity contribution in [3.05, 3.63) is 17.1 Å². The summed E-state index contributed by atoms with van der Waals surface area (Å²) in [6.07, 6.45) is 4.43. The molecule has 17 heavy (non-hydrogen) atoms. The molecule has 94 valence electrons. The number of hydrogen-bond acceptors (Lipinski definition) is 4. The maximum Gasteiger partial charge on any atom is 0.159 e. The summed E-state index contributed by atoms with van der Waals surface area (Å²) in [5.41, 5.74) is 2.52. The van der Waals surface area contributed by atoms with Crippen LogP contribution in [0, 0.1) is 0 Å². The van der Waals surface area contributed by atoms with Gasteiger partial charge in [-0.25, -0.2) is 9.97 Å². The van der Waals surface area contributed by atoms with Crippen molar-refractivity contribution in [2.75, 3.05) is 19.0 Å². The fourth-order valence-corrected chi connectivity index (χ4v) is 2.13. The lowest BCUT2D eigenvalue weighted by Gasteiger charge is -2.14. The summed E-state index contributed by atoms with van der Waals surface area (Å²) >= 11 is 0. The third kappa shape index (κ3) is 2.57. The fraction of sp³-hybridized carbons (Fsp3) is 0.692. The first-order valence-electron chi connectivity index (χ1n) is 6.42. The number of aromatic nitrogens is 2. The molecule has 0 saturated carbocycles. The Bertz CT molecular complexity index is 392. The standard InChI is InChI=1S/C13H21N3O/c1-4-8-14-13-10-6-5-7-11(10)15-12(16-13)9(2)17-3/h9H,4-8H2,1-3H3,(H,14,15,16). The molecule has 0 bridgehead atoms. The molecule has 1 atom stereocenters. The van der Waals surface area contributed by atoms with Gasteiger partial charge in [0.25, 0.3) is 0 Å². The summed E-state index contributed by atoms with van der Waals surface area (Å²) in [6, 6.07) is 0. The number of anilines is 1. The van der Waals surface area contributed by atoms with Crippen molar-refractivity contribution in [3.63, 3.8) is 0 Å². The van der Waals surface area contributed by atoms with Crippen molar-refractivity contribution >= 4 is 5.82 Å². The summed E-state index contributed by atoms with van der Waals surface area (Å²) < 4.78 is 5.30. The molecule has 1 N–H and O–H groups in total. The van der Waals surface area contributed by atoms with E-state index >= 15 is 0 Å². The highest BCUT2D eigenvalue weighted by Gasteiger charge is 2.20. The molecule has 1 aliphatic carbocycles. The molecule has 4 nitrogen and oxygen atoms in total. The zero-order valence-electron chi connectivity index (χ0n) is 10.9. The molecular formula is C13H21N3O. The van der Waals surface area contributed by atoms with Gasteiger partial charge in [0.1, 0.15) is 11.9 Å². The van der Waals surface area contributed by atoms with Crippen LogP contribution >= 0.6 is 0 Å². The van der Waals surface area contributed by atoms with Crippen LogP contribution in [0.1, 0.15) is 49.9 Å². The van der Waals surface area contributed by atoms with E-state index in [-0.39, 0.29) is 6.10 Å². The smallest absolute Gasteiger partial charge is 0.159 e. The van der Waals surface area contributed by atoms with Gasteiger partial charge in [-0.3, -0.25) is 0 Å². The third-order valence-electron chi connectivity index (χ3n) is 3.21. The van der Waals surface area contributed by atoms with Gasteiger partial charge in [0.2, 0.25) is 0 Å². The molecule has 1 unspecified atom stereocenters. The second-order valence-electron chi connectivity index (χ2n) is 4.51. The maximum absolute atomic E-state index is 5.30. The van der Waals surface area contributed by atoms with Gasteiger partial charge in [0.15, 0.2) is 5.82 Å². The van der Waals surface area contributed by atoms with Gasteiger partial charge in [-0.1, -0.05) is 6.92 Å². The van der Waals surface area contributed by atoms with Crippen molar-refractivity contribution in [2.24, 2.45) is 0 Å². The quantitative estimate of drug-likeness (QED) is 0.851. The average Bonchev–Trinajstić information content (AvgIpc) is 2.82. The molecule has 1 aromatic heterocycles. The number of nitrogens with zero attached hydrogens (tertiary/aromatic N) is 2. The van der Waals surface area contributed by atoms with Gasteiger partial charge in [0, 0.05) is 24.9 Å². The minimum Gasteiger partial charge on any atom is -0.374 e. The van der Waals surface area contributed by atoms with E-state index in [2.05, 4.69) is 22.2 Å². The third-order valence-corrected chi connectivity index (χ3v) is 3.21. The summed E-state index contributed by atoms with van der Waals surface area (Å²) in [5.74, 6) is 1.82. The van der Waals surface area contributed by atoms with Crippen LogP contribution in [0.4, 0.5) is 5.82 Å². The van der Waals surface area contributed by atoms with Crippen molar-refractivity contribution in [1.29, 1.82) is 0 Å². The first-order valence-corrected chi connectivity index (χ1v) is 6.42. The van der Waals surface area contributed by atoms with Crippen LogP contribution in [0.15, 0.2) is 0 Å². The van der Waals surface area contributed by atoms with Crippen molar-refractivity contribution in [2.45, 2.75) is 45.6 Å². The lowest BCUT2D eigenvalue weighted by Crippen LogP contribution is -2.11. The number of ether oxygens (including phenoxy) is 1. The van der Waals surface area contributed by atoms with E-state index in [1.807, 2.05) is 6.92 Å². The highest BCUT2D eigenvalue weighted by molar-refractivity contribution is 5.48. The second kappa shape index (κ2) is 5.45. The zero-order chi connectivity index (χ0) is 12.3. The molecule has 1 heterocycles. The van der Waals surface area contributed by atoms with Gasteiger partial charge >= 0.3 is 0 Å². The molecule has 0 radical (unpaired) electrons. The van der Waals surface area contributed by atoms with Crippen LogP contribution < -0.4 is 5.32 Å². The summed E-state index contributed by atoms with van der Waals surface area (Å²) in [7, 11) is 1.69. The van der Waals surface area contributed by atoms with Gasteiger partial charge in [-0.15, -0.1) is 0 Å². The van der Waals surface area contributed by atoms with E-state index in [9.17, 15) is 0 Å². The molecule has 0 spiro atoms. The van der Waals surface area contributed by atoms with Crippen LogP contribution in [0.5, 0.6) is 0 Å². The average molecular weight is 235 g/mol. The van der Waals surface area contributed by atoms with Gasteiger partial charge < -0.3 is 10.1 Å². The number of nitrogens with one attached hydrogen (secondary N) is 1.